The second kappa shape index (κ2) is 6.75. The van der Waals surface area contributed by atoms with Crippen LogP contribution in [0.4, 0.5) is 4.79 Å². The van der Waals surface area contributed by atoms with Crippen molar-refractivity contribution in [3.05, 3.63) is 35.4 Å². The highest BCUT2D eigenvalue weighted by Gasteiger charge is 2.31. The van der Waals surface area contributed by atoms with Gasteiger partial charge in [-0.1, -0.05) is 24.3 Å². The first-order valence-electron chi connectivity index (χ1n) is 7.31. The number of aryl methyl sites for hydroxylation is 1. The minimum Gasteiger partial charge on any atom is -0.337 e. The molecule has 0 bridgehead atoms. The number of carbonyl (C=O) groups excluding carboxylic acids is 1. The third-order valence-corrected chi connectivity index (χ3v) is 3.95. The van der Waals surface area contributed by atoms with Gasteiger partial charge in [-0.05, 0) is 50.9 Å². The van der Waals surface area contributed by atoms with E-state index in [1.165, 1.54) is 11.1 Å². The van der Waals surface area contributed by atoms with E-state index < -0.39 is 0 Å². The van der Waals surface area contributed by atoms with Gasteiger partial charge in [-0.15, -0.1) is 0 Å². The Kier molecular flexibility index (Phi) is 5.01. The van der Waals surface area contributed by atoms with E-state index in [2.05, 4.69) is 46.7 Å². The summed E-state index contributed by atoms with van der Waals surface area (Å²) in [4.78, 5) is 13.8. The van der Waals surface area contributed by atoms with Crippen LogP contribution < -0.4 is 10.6 Å². The summed E-state index contributed by atoms with van der Waals surface area (Å²) in [5.41, 5.74) is 2.78. The summed E-state index contributed by atoms with van der Waals surface area (Å²) >= 11 is 0. The largest absolute Gasteiger partial charge is 0.337 e. The van der Waals surface area contributed by atoms with Gasteiger partial charge in [0.15, 0.2) is 0 Å². The number of nitrogens with one attached hydrogen (secondary N) is 2. The molecule has 2 rings (SSSR count). The van der Waals surface area contributed by atoms with Crippen LogP contribution in [0.25, 0.3) is 0 Å². The first-order chi connectivity index (χ1) is 9.56. The fraction of sp³-hybridized carbons (Fsp3) is 0.562. The van der Waals surface area contributed by atoms with E-state index in [0.717, 1.165) is 19.4 Å². The molecule has 0 heterocycles. The molecule has 2 N–H and O–H groups in total. The number of amides is 2. The number of benzene rings is 1. The van der Waals surface area contributed by atoms with E-state index in [-0.39, 0.29) is 6.03 Å². The Balaban J connectivity index is 1.69. The molecule has 0 aliphatic heterocycles. The van der Waals surface area contributed by atoms with E-state index in [1.807, 2.05) is 14.1 Å². The maximum absolute atomic E-state index is 11.7. The summed E-state index contributed by atoms with van der Waals surface area (Å²) in [6.07, 6.45) is 2.10. The molecule has 0 atom stereocenters. The Labute approximate surface area is 121 Å². The van der Waals surface area contributed by atoms with Gasteiger partial charge in [0.1, 0.15) is 0 Å². The normalized spacial score (nSPS) is 21.4. The zero-order valence-corrected chi connectivity index (χ0v) is 12.6. The van der Waals surface area contributed by atoms with Gasteiger partial charge in [0, 0.05) is 19.1 Å². The van der Waals surface area contributed by atoms with Gasteiger partial charge in [0.25, 0.3) is 0 Å². The number of carbonyl (C=O) groups is 1. The minimum atomic E-state index is -0.0416. The highest BCUT2D eigenvalue weighted by Crippen LogP contribution is 2.38. The zero-order chi connectivity index (χ0) is 14.5. The summed E-state index contributed by atoms with van der Waals surface area (Å²) in [6.45, 7) is 3.71. The Hall–Kier alpha value is -1.55. The second-order valence-electron chi connectivity index (χ2n) is 5.93. The van der Waals surface area contributed by atoms with E-state index >= 15 is 0 Å². The molecule has 0 saturated heterocycles. The van der Waals surface area contributed by atoms with Gasteiger partial charge in [-0.25, -0.2) is 4.79 Å². The lowest BCUT2D eigenvalue weighted by atomic mass is 9.74. The first kappa shape index (κ1) is 14.9. The third-order valence-electron chi connectivity index (χ3n) is 3.95. The van der Waals surface area contributed by atoms with Crippen LogP contribution in [0.2, 0.25) is 0 Å². The van der Waals surface area contributed by atoms with Crippen molar-refractivity contribution in [1.29, 1.82) is 0 Å². The van der Waals surface area contributed by atoms with E-state index in [0.29, 0.717) is 18.5 Å². The molecule has 110 valence electrons. The molecule has 1 aliphatic rings. The standard InChI is InChI=1S/C16H25N3O/c1-12-6-4-5-7-15(12)13-10-14(11-13)18-16(20)17-8-9-19(2)3/h4-7,13-14H,8-11H2,1-3H3,(H2,17,18,20). The average molecular weight is 275 g/mol. The van der Waals surface area contributed by atoms with Crippen molar-refractivity contribution < 1.29 is 4.79 Å². The Bertz CT molecular complexity index is 453. The van der Waals surface area contributed by atoms with Crippen molar-refractivity contribution >= 4 is 6.03 Å². The predicted molar refractivity (Wildman–Crippen MR) is 82.0 cm³/mol. The molecular weight excluding hydrogens is 250 g/mol. The van der Waals surface area contributed by atoms with Crippen molar-refractivity contribution in [2.75, 3.05) is 27.2 Å². The molecule has 0 spiro atoms. The maximum Gasteiger partial charge on any atom is 0.315 e. The Morgan fingerprint density at radius 1 is 1.30 bits per heavy atom. The van der Waals surface area contributed by atoms with Crippen LogP contribution in [0.15, 0.2) is 24.3 Å². The third kappa shape index (κ3) is 3.97. The fourth-order valence-corrected chi connectivity index (χ4v) is 2.66. The van der Waals surface area contributed by atoms with Gasteiger partial charge >= 0.3 is 6.03 Å². The van der Waals surface area contributed by atoms with Crippen LogP contribution in [0.5, 0.6) is 0 Å². The van der Waals surface area contributed by atoms with Gasteiger partial charge in [0.05, 0.1) is 0 Å². The van der Waals surface area contributed by atoms with Crippen LogP contribution >= 0.6 is 0 Å². The molecule has 1 saturated carbocycles. The van der Waals surface area contributed by atoms with Crippen LogP contribution in [-0.2, 0) is 0 Å². The van der Waals surface area contributed by atoms with E-state index in [9.17, 15) is 4.79 Å². The number of nitrogens with zero attached hydrogens (tertiary/aromatic N) is 1. The fourth-order valence-electron chi connectivity index (χ4n) is 2.66. The van der Waals surface area contributed by atoms with Crippen LogP contribution in [0, 0.1) is 6.92 Å². The molecule has 1 fully saturated rings. The molecule has 0 aromatic heterocycles. The highest BCUT2D eigenvalue weighted by molar-refractivity contribution is 5.74. The molecule has 20 heavy (non-hydrogen) atoms. The van der Waals surface area contributed by atoms with Crippen LogP contribution in [-0.4, -0.2) is 44.2 Å². The molecule has 1 aromatic rings. The number of rotatable bonds is 5. The summed E-state index contributed by atoms with van der Waals surface area (Å²) in [6, 6.07) is 8.80. The smallest absolute Gasteiger partial charge is 0.315 e. The zero-order valence-electron chi connectivity index (χ0n) is 12.6. The van der Waals surface area contributed by atoms with Gasteiger partial charge < -0.3 is 15.5 Å². The van der Waals surface area contributed by atoms with E-state index in [1.54, 1.807) is 0 Å². The van der Waals surface area contributed by atoms with Crippen LogP contribution in [0.1, 0.15) is 29.9 Å². The molecule has 1 aliphatic carbocycles. The quantitative estimate of drug-likeness (QED) is 0.864. The lowest BCUT2D eigenvalue weighted by molar-refractivity contribution is 0.221. The number of hydrogen-bond acceptors (Lipinski definition) is 2. The summed E-state index contributed by atoms with van der Waals surface area (Å²) < 4.78 is 0. The average Bonchev–Trinajstić information content (AvgIpc) is 2.34. The Morgan fingerprint density at radius 3 is 2.65 bits per heavy atom. The number of hydrogen-bond donors (Lipinski definition) is 2. The van der Waals surface area contributed by atoms with Gasteiger partial charge in [-0.2, -0.15) is 0 Å². The van der Waals surface area contributed by atoms with Gasteiger partial charge in [0.2, 0.25) is 0 Å². The molecule has 0 radical (unpaired) electrons. The monoisotopic (exact) mass is 275 g/mol. The lowest BCUT2D eigenvalue weighted by Crippen LogP contribution is -2.48. The predicted octanol–water partition coefficient (Wildman–Crippen LogP) is 2.10. The Morgan fingerprint density at radius 2 is 2.00 bits per heavy atom. The molecule has 4 nitrogen and oxygen atoms in total. The number of likely N-dealkylation sites (N-methyl/N-ethyl adjacent to an activating group) is 1. The van der Waals surface area contributed by atoms with Crippen molar-refractivity contribution in [2.45, 2.75) is 31.7 Å². The highest BCUT2D eigenvalue weighted by atomic mass is 16.2. The molecule has 0 unspecified atom stereocenters. The van der Waals surface area contributed by atoms with Crippen molar-refractivity contribution in [3.63, 3.8) is 0 Å². The van der Waals surface area contributed by atoms with E-state index in [4.69, 9.17) is 0 Å². The van der Waals surface area contributed by atoms with Gasteiger partial charge in [-0.3, -0.25) is 0 Å². The first-order valence-corrected chi connectivity index (χ1v) is 7.31. The number of urea groups is 1. The van der Waals surface area contributed by atoms with Crippen molar-refractivity contribution in [2.24, 2.45) is 0 Å². The summed E-state index contributed by atoms with van der Waals surface area (Å²) in [5.74, 6) is 0.600. The SMILES string of the molecule is Cc1ccccc1C1CC(NC(=O)NCCN(C)C)C1. The molecule has 1 aromatic carbocycles. The van der Waals surface area contributed by atoms with Crippen LogP contribution in [0.3, 0.4) is 0 Å². The second-order valence-corrected chi connectivity index (χ2v) is 5.93. The molecule has 4 heteroatoms. The minimum absolute atomic E-state index is 0.0416. The molecular formula is C16H25N3O. The summed E-state index contributed by atoms with van der Waals surface area (Å²) in [5, 5.41) is 5.93. The lowest BCUT2D eigenvalue weighted by Gasteiger charge is -2.37. The summed E-state index contributed by atoms with van der Waals surface area (Å²) in [7, 11) is 4.00. The topological polar surface area (TPSA) is 44.4 Å². The van der Waals surface area contributed by atoms with Crippen molar-refractivity contribution in [1.82, 2.24) is 15.5 Å². The van der Waals surface area contributed by atoms with Crippen molar-refractivity contribution in [3.8, 4) is 0 Å². The maximum atomic E-state index is 11.7. The molecule has 2 amide bonds.